The van der Waals surface area contributed by atoms with Crippen molar-refractivity contribution < 1.29 is 4.79 Å². The fourth-order valence-electron chi connectivity index (χ4n) is 2.34. The third kappa shape index (κ3) is 4.13. The van der Waals surface area contributed by atoms with Gasteiger partial charge in [-0.1, -0.05) is 6.07 Å². The highest BCUT2D eigenvalue weighted by atomic mass is 35.5. The van der Waals surface area contributed by atoms with E-state index in [1.54, 1.807) is 17.1 Å². The molecule has 0 aliphatic rings. The number of halogens is 1. The smallest absolute Gasteiger partial charge is 0.239 e. The Bertz CT molecular complexity index is 908. The molecule has 0 fully saturated rings. The average Bonchev–Trinajstić information content (AvgIpc) is 3.01. The molecule has 0 saturated heterocycles. The Hall–Kier alpha value is -2.93. The van der Waals surface area contributed by atoms with Crippen LogP contribution in [-0.2, 0) is 11.8 Å². The van der Waals surface area contributed by atoms with Crippen LogP contribution in [0.3, 0.4) is 0 Å². The highest BCUT2D eigenvalue weighted by Crippen LogP contribution is 2.24. The Morgan fingerprint density at radius 1 is 1.32 bits per heavy atom. The number of alkyl halides is 1. The summed E-state index contributed by atoms with van der Waals surface area (Å²) >= 11 is 5.52. The zero-order chi connectivity index (χ0) is 17.8. The molecule has 0 spiro atoms. The van der Waals surface area contributed by atoms with Crippen molar-refractivity contribution in [1.29, 1.82) is 0 Å². The number of rotatable bonds is 5. The molecule has 0 aliphatic carbocycles. The van der Waals surface area contributed by atoms with E-state index in [9.17, 15) is 4.79 Å². The number of aryl methyl sites for hydroxylation is 2. The zero-order valence-corrected chi connectivity index (χ0v) is 14.6. The number of aromatic nitrogens is 4. The van der Waals surface area contributed by atoms with Gasteiger partial charge in [0.1, 0.15) is 5.88 Å². The van der Waals surface area contributed by atoms with Gasteiger partial charge in [0.2, 0.25) is 11.9 Å². The van der Waals surface area contributed by atoms with Crippen molar-refractivity contribution >= 4 is 34.8 Å². The van der Waals surface area contributed by atoms with Gasteiger partial charge in [0.05, 0.1) is 17.6 Å². The minimum atomic E-state index is -0.234. The highest BCUT2D eigenvalue weighted by molar-refractivity contribution is 6.29. The molecule has 0 unspecified atom stereocenters. The van der Waals surface area contributed by atoms with Gasteiger partial charge in [-0.05, 0) is 30.7 Å². The number of carbonyl (C=O) groups excluding carboxylic acids is 1. The fourth-order valence-corrected chi connectivity index (χ4v) is 2.41. The molecule has 0 aliphatic heterocycles. The van der Waals surface area contributed by atoms with Gasteiger partial charge in [-0.3, -0.25) is 9.48 Å². The van der Waals surface area contributed by atoms with Crippen LogP contribution in [0.1, 0.15) is 5.56 Å². The van der Waals surface area contributed by atoms with Gasteiger partial charge in [-0.15, -0.1) is 11.6 Å². The van der Waals surface area contributed by atoms with Crippen LogP contribution in [0.5, 0.6) is 0 Å². The molecule has 0 radical (unpaired) electrons. The first-order valence-corrected chi connectivity index (χ1v) is 8.14. The Balaban J connectivity index is 1.83. The predicted molar refractivity (Wildman–Crippen MR) is 98.0 cm³/mol. The number of hydrogen-bond acceptors (Lipinski definition) is 5. The molecule has 128 valence electrons. The van der Waals surface area contributed by atoms with Crippen molar-refractivity contribution in [3.05, 3.63) is 48.4 Å². The van der Waals surface area contributed by atoms with Gasteiger partial charge >= 0.3 is 0 Å². The van der Waals surface area contributed by atoms with Crippen LogP contribution in [0, 0.1) is 6.92 Å². The van der Waals surface area contributed by atoms with E-state index in [0.717, 1.165) is 28.2 Å². The molecule has 1 amide bonds. The number of carbonyl (C=O) groups is 1. The van der Waals surface area contributed by atoms with Gasteiger partial charge in [0.25, 0.3) is 0 Å². The second-order valence-electron chi connectivity index (χ2n) is 5.50. The van der Waals surface area contributed by atoms with E-state index in [0.29, 0.717) is 5.95 Å². The lowest BCUT2D eigenvalue weighted by Gasteiger charge is -2.10. The normalized spacial score (nSPS) is 10.5. The summed E-state index contributed by atoms with van der Waals surface area (Å²) in [6.07, 6.45) is 5.24. The van der Waals surface area contributed by atoms with Crippen LogP contribution in [0.15, 0.2) is 42.9 Å². The van der Waals surface area contributed by atoms with Crippen molar-refractivity contribution in [2.75, 3.05) is 16.5 Å². The molecule has 2 heterocycles. The van der Waals surface area contributed by atoms with Crippen LogP contribution < -0.4 is 10.6 Å². The van der Waals surface area contributed by atoms with Crippen molar-refractivity contribution in [3.63, 3.8) is 0 Å². The number of hydrogen-bond donors (Lipinski definition) is 2. The van der Waals surface area contributed by atoms with Crippen LogP contribution in [0.4, 0.5) is 17.3 Å². The Morgan fingerprint density at radius 2 is 2.16 bits per heavy atom. The highest BCUT2D eigenvalue weighted by Gasteiger charge is 2.08. The number of benzene rings is 1. The van der Waals surface area contributed by atoms with Crippen molar-refractivity contribution in [1.82, 2.24) is 19.7 Å². The molecule has 8 heteroatoms. The molecule has 1 aromatic carbocycles. The first-order valence-electron chi connectivity index (χ1n) is 7.60. The van der Waals surface area contributed by atoms with E-state index in [4.69, 9.17) is 11.6 Å². The molecule has 3 rings (SSSR count). The van der Waals surface area contributed by atoms with E-state index < -0.39 is 0 Å². The van der Waals surface area contributed by atoms with Crippen LogP contribution >= 0.6 is 11.6 Å². The Kier molecular flexibility index (Phi) is 4.95. The summed E-state index contributed by atoms with van der Waals surface area (Å²) in [6, 6.07) is 7.53. The van der Waals surface area contributed by atoms with Gasteiger partial charge in [-0.25, -0.2) is 9.97 Å². The summed E-state index contributed by atoms with van der Waals surface area (Å²) in [6.45, 7) is 1.92. The molecule has 0 bridgehead atoms. The maximum atomic E-state index is 11.4. The second kappa shape index (κ2) is 7.31. The minimum Gasteiger partial charge on any atom is -0.325 e. The predicted octanol–water partition coefficient (Wildman–Crippen LogP) is 3.11. The average molecular weight is 357 g/mol. The first kappa shape index (κ1) is 16.9. The topological polar surface area (TPSA) is 84.7 Å². The number of anilines is 3. The maximum absolute atomic E-state index is 11.4. The zero-order valence-electron chi connectivity index (χ0n) is 13.8. The van der Waals surface area contributed by atoms with E-state index in [1.807, 2.05) is 44.4 Å². The summed E-state index contributed by atoms with van der Waals surface area (Å²) < 4.78 is 1.70. The van der Waals surface area contributed by atoms with Gasteiger partial charge in [0.15, 0.2) is 0 Å². The van der Waals surface area contributed by atoms with Crippen LogP contribution in [0.2, 0.25) is 0 Å². The van der Waals surface area contributed by atoms with Gasteiger partial charge in [0, 0.05) is 30.7 Å². The molecule has 0 saturated carbocycles. The summed E-state index contributed by atoms with van der Waals surface area (Å²) in [4.78, 5) is 20.2. The maximum Gasteiger partial charge on any atom is 0.239 e. The van der Waals surface area contributed by atoms with Gasteiger partial charge in [-0.2, -0.15) is 5.10 Å². The first-order chi connectivity index (χ1) is 12.0. The summed E-state index contributed by atoms with van der Waals surface area (Å²) in [5, 5.41) is 9.98. The second-order valence-corrected chi connectivity index (χ2v) is 5.77. The Labute approximate surface area is 150 Å². The van der Waals surface area contributed by atoms with Crippen molar-refractivity contribution in [2.45, 2.75) is 6.92 Å². The number of amides is 1. The lowest BCUT2D eigenvalue weighted by molar-refractivity contribution is -0.113. The standard InChI is InChI=1S/C17H17ClN6O/c1-11-7-12(3-4-14(11)22-16(25)8-18)15-5-6-19-17(23-15)21-13-9-20-24(2)10-13/h3-7,9-10H,8H2,1-2H3,(H,22,25)(H,19,21,23). The van der Waals surface area contributed by atoms with E-state index in [-0.39, 0.29) is 11.8 Å². The summed E-state index contributed by atoms with van der Waals surface area (Å²) in [5.41, 5.74) is 4.18. The molecule has 7 nitrogen and oxygen atoms in total. The van der Waals surface area contributed by atoms with Crippen LogP contribution in [-0.4, -0.2) is 31.5 Å². The molecule has 2 N–H and O–H groups in total. The molecule has 2 aromatic heterocycles. The largest absolute Gasteiger partial charge is 0.325 e. The van der Waals surface area contributed by atoms with Crippen molar-refractivity contribution in [2.24, 2.45) is 7.05 Å². The fraction of sp³-hybridized carbons (Fsp3) is 0.176. The lowest BCUT2D eigenvalue weighted by atomic mass is 10.1. The van der Waals surface area contributed by atoms with Crippen molar-refractivity contribution in [3.8, 4) is 11.3 Å². The summed E-state index contributed by atoms with van der Waals surface area (Å²) in [7, 11) is 1.84. The SMILES string of the molecule is Cc1cc(-c2ccnc(Nc3cnn(C)c3)n2)ccc1NC(=O)CCl. The monoisotopic (exact) mass is 356 g/mol. The van der Waals surface area contributed by atoms with E-state index >= 15 is 0 Å². The van der Waals surface area contributed by atoms with Gasteiger partial charge < -0.3 is 10.6 Å². The summed E-state index contributed by atoms with van der Waals surface area (Å²) in [5.74, 6) is 0.182. The molecule has 0 atom stereocenters. The van der Waals surface area contributed by atoms with E-state index in [1.165, 1.54) is 0 Å². The number of nitrogens with zero attached hydrogens (tertiary/aromatic N) is 4. The molecular formula is C17H17ClN6O. The molecule has 25 heavy (non-hydrogen) atoms. The quantitative estimate of drug-likeness (QED) is 0.686. The lowest BCUT2D eigenvalue weighted by Crippen LogP contribution is -2.13. The third-order valence-corrected chi connectivity index (χ3v) is 3.78. The van der Waals surface area contributed by atoms with E-state index in [2.05, 4.69) is 25.7 Å². The Morgan fingerprint density at radius 3 is 2.84 bits per heavy atom. The number of nitrogens with one attached hydrogen (secondary N) is 2. The van der Waals surface area contributed by atoms with Crippen LogP contribution in [0.25, 0.3) is 11.3 Å². The molecular weight excluding hydrogens is 340 g/mol. The molecule has 3 aromatic rings. The third-order valence-electron chi connectivity index (χ3n) is 3.53. The minimum absolute atomic E-state index is 0.0729.